The molecule has 0 aliphatic carbocycles. The number of likely N-dealkylation sites (tertiary alicyclic amines) is 1. The van der Waals surface area contributed by atoms with Crippen LogP contribution in [0.5, 0.6) is 11.5 Å². The molecule has 8 nitrogen and oxygen atoms in total. The van der Waals surface area contributed by atoms with Crippen LogP contribution < -0.4 is 14.2 Å². The summed E-state index contributed by atoms with van der Waals surface area (Å²) in [6.07, 6.45) is 5.42. The van der Waals surface area contributed by atoms with Crippen LogP contribution in [0.1, 0.15) is 24.0 Å². The highest BCUT2D eigenvalue weighted by Crippen LogP contribution is 2.33. The number of nitrogens with one attached hydrogen (secondary N) is 1. The van der Waals surface area contributed by atoms with E-state index in [4.69, 9.17) is 32.7 Å². The van der Waals surface area contributed by atoms with Crippen LogP contribution in [0.3, 0.4) is 0 Å². The third-order valence-electron chi connectivity index (χ3n) is 7.02. The van der Waals surface area contributed by atoms with Crippen molar-refractivity contribution in [2.24, 2.45) is 5.92 Å². The Morgan fingerprint density at radius 3 is 2.62 bits per heavy atom. The van der Waals surface area contributed by atoms with E-state index in [0.717, 1.165) is 31.5 Å². The molecule has 1 saturated heterocycles. The van der Waals surface area contributed by atoms with E-state index in [1.165, 1.54) is 6.07 Å². The number of halogens is 2. The summed E-state index contributed by atoms with van der Waals surface area (Å²) in [6.45, 7) is 4.52. The fraction of sp³-hybridized carbons (Fsp3) is 0.310. The van der Waals surface area contributed by atoms with Crippen molar-refractivity contribution in [1.29, 1.82) is 0 Å². The molecule has 0 saturated carbocycles. The molecule has 0 spiro atoms. The number of sulfonamides is 1. The van der Waals surface area contributed by atoms with Gasteiger partial charge in [0.05, 0.1) is 22.0 Å². The summed E-state index contributed by atoms with van der Waals surface area (Å²) in [5.41, 5.74) is 1.82. The molecular weight excluding hydrogens is 571 g/mol. The molecule has 0 radical (unpaired) electrons. The second-order valence-corrected chi connectivity index (χ2v) is 12.4. The highest BCUT2D eigenvalue weighted by Gasteiger charge is 2.22. The van der Waals surface area contributed by atoms with Crippen LogP contribution in [0, 0.1) is 12.8 Å². The number of rotatable bonds is 9. The van der Waals surface area contributed by atoms with Crippen molar-refractivity contribution in [3.63, 3.8) is 0 Å². The first-order chi connectivity index (χ1) is 19.2. The van der Waals surface area contributed by atoms with Crippen molar-refractivity contribution in [1.82, 2.24) is 14.9 Å². The Labute approximate surface area is 244 Å². The number of piperidine rings is 1. The molecule has 3 heterocycles. The summed E-state index contributed by atoms with van der Waals surface area (Å²) < 4.78 is 41.5. The number of fused-ring (bicyclic) bond motifs is 1. The molecule has 1 aliphatic heterocycles. The fourth-order valence-corrected chi connectivity index (χ4v) is 6.27. The van der Waals surface area contributed by atoms with Gasteiger partial charge in [0.1, 0.15) is 12.4 Å². The number of hydrogen-bond acceptors (Lipinski definition) is 7. The average Bonchev–Trinajstić information content (AvgIpc) is 2.94. The maximum atomic E-state index is 13.3. The molecule has 0 amide bonds. The highest BCUT2D eigenvalue weighted by atomic mass is 35.5. The van der Waals surface area contributed by atoms with Gasteiger partial charge in [0, 0.05) is 22.8 Å². The Bertz CT molecular complexity index is 1630. The molecule has 2 aromatic heterocycles. The Kier molecular flexibility index (Phi) is 8.65. The molecule has 0 unspecified atom stereocenters. The topological polar surface area (TPSA) is 93.7 Å². The Hall–Kier alpha value is -3.11. The van der Waals surface area contributed by atoms with Gasteiger partial charge in [-0.2, -0.15) is 0 Å². The number of nitrogens with zero attached hydrogens (tertiary/aromatic N) is 3. The first kappa shape index (κ1) is 28.4. The minimum absolute atomic E-state index is 0.0609. The van der Waals surface area contributed by atoms with Crippen LogP contribution in [-0.4, -0.2) is 50.0 Å². The average molecular weight is 602 g/mol. The number of pyridine rings is 2. The van der Waals surface area contributed by atoms with Crippen molar-refractivity contribution in [2.45, 2.75) is 31.3 Å². The van der Waals surface area contributed by atoms with Gasteiger partial charge in [-0.25, -0.2) is 13.4 Å². The number of hydrogen-bond donors (Lipinski definition) is 1. The molecule has 210 valence electrons. The highest BCUT2D eigenvalue weighted by molar-refractivity contribution is 7.92. The minimum Gasteiger partial charge on any atom is -0.492 e. The maximum Gasteiger partial charge on any atom is 0.263 e. The van der Waals surface area contributed by atoms with E-state index in [9.17, 15) is 8.42 Å². The molecule has 5 rings (SSSR count). The monoisotopic (exact) mass is 600 g/mol. The minimum atomic E-state index is -4.01. The van der Waals surface area contributed by atoms with Crippen molar-refractivity contribution in [2.75, 3.05) is 31.5 Å². The third-order valence-corrected chi connectivity index (χ3v) is 9.23. The SMILES string of the molecule is Cc1c(Cl)cccc1S(=O)(=O)Nc1nc2ccncc2cc1OCc1ccc(Cl)c(OCC2CCN(C)CC2)c1. The van der Waals surface area contributed by atoms with E-state index in [1.54, 1.807) is 49.6 Å². The van der Waals surface area contributed by atoms with Crippen molar-refractivity contribution in [3.05, 3.63) is 82.1 Å². The van der Waals surface area contributed by atoms with E-state index in [-0.39, 0.29) is 23.1 Å². The van der Waals surface area contributed by atoms with Gasteiger partial charge in [-0.15, -0.1) is 0 Å². The maximum absolute atomic E-state index is 13.3. The lowest BCUT2D eigenvalue weighted by atomic mass is 9.98. The van der Waals surface area contributed by atoms with Gasteiger partial charge in [-0.05, 0) is 93.3 Å². The summed E-state index contributed by atoms with van der Waals surface area (Å²) in [5.74, 6) is 1.40. The predicted octanol–water partition coefficient (Wildman–Crippen LogP) is 6.35. The summed E-state index contributed by atoms with van der Waals surface area (Å²) in [6, 6.07) is 13.6. The molecular formula is C29H30Cl2N4O4S. The van der Waals surface area contributed by atoms with E-state index in [0.29, 0.717) is 44.8 Å². The van der Waals surface area contributed by atoms with Gasteiger partial charge in [-0.3, -0.25) is 9.71 Å². The standard InChI is InChI=1S/C29H30Cl2N4O4S/c1-19-23(30)4-3-5-28(19)40(36,37)34-29-27(15-22-16-32-11-8-25(22)33-29)39-18-21-6-7-24(31)26(14-21)38-17-20-9-12-35(2)13-10-20/h3-8,11,14-16,20H,9-10,12-13,17-18H2,1-2H3,(H,33,34). The van der Waals surface area contributed by atoms with Crippen LogP contribution in [-0.2, 0) is 16.6 Å². The molecule has 0 bridgehead atoms. The second-order valence-electron chi connectivity index (χ2n) is 9.98. The number of aromatic nitrogens is 2. The van der Waals surface area contributed by atoms with Crippen LogP contribution in [0.25, 0.3) is 10.9 Å². The van der Waals surface area contributed by atoms with Crippen LogP contribution >= 0.6 is 23.2 Å². The van der Waals surface area contributed by atoms with Crippen LogP contribution in [0.4, 0.5) is 5.82 Å². The zero-order valence-electron chi connectivity index (χ0n) is 22.2. The Morgan fingerprint density at radius 2 is 1.82 bits per heavy atom. The first-order valence-corrected chi connectivity index (χ1v) is 15.2. The first-order valence-electron chi connectivity index (χ1n) is 12.9. The van der Waals surface area contributed by atoms with E-state index >= 15 is 0 Å². The summed E-state index contributed by atoms with van der Waals surface area (Å²) >= 11 is 12.6. The van der Waals surface area contributed by atoms with Gasteiger partial charge in [0.25, 0.3) is 10.0 Å². The quantitative estimate of drug-likeness (QED) is 0.239. The molecule has 1 N–H and O–H groups in total. The predicted molar refractivity (Wildman–Crippen MR) is 158 cm³/mol. The third kappa shape index (κ3) is 6.61. The molecule has 11 heteroatoms. The van der Waals surface area contributed by atoms with Crippen molar-refractivity contribution < 1.29 is 17.9 Å². The van der Waals surface area contributed by atoms with Gasteiger partial charge in [0.15, 0.2) is 11.6 Å². The van der Waals surface area contributed by atoms with E-state index in [1.807, 2.05) is 12.1 Å². The van der Waals surface area contributed by atoms with Crippen LogP contribution in [0.2, 0.25) is 10.0 Å². The molecule has 0 atom stereocenters. The number of anilines is 1. The summed E-state index contributed by atoms with van der Waals surface area (Å²) in [4.78, 5) is 11.1. The molecule has 1 aliphatic rings. The summed E-state index contributed by atoms with van der Waals surface area (Å²) in [5, 5.41) is 1.59. The lowest BCUT2D eigenvalue weighted by molar-refractivity contribution is 0.160. The van der Waals surface area contributed by atoms with Gasteiger partial charge in [-0.1, -0.05) is 35.3 Å². The van der Waals surface area contributed by atoms with E-state index < -0.39 is 10.0 Å². The molecule has 1 fully saturated rings. The van der Waals surface area contributed by atoms with Crippen molar-refractivity contribution in [3.8, 4) is 11.5 Å². The Morgan fingerprint density at radius 1 is 1.02 bits per heavy atom. The lowest BCUT2D eigenvalue weighted by Gasteiger charge is -2.28. The molecule has 40 heavy (non-hydrogen) atoms. The fourth-order valence-electron chi connectivity index (χ4n) is 4.59. The zero-order valence-corrected chi connectivity index (χ0v) is 24.6. The van der Waals surface area contributed by atoms with Gasteiger partial charge < -0.3 is 14.4 Å². The molecule has 2 aromatic carbocycles. The normalized spacial score (nSPS) is 14.8. The second kappa shape index (κ2) is 12.2. The van der Waals surface area contributed by atoms with Crippen molar-refractivity contribution >= 4 is 49.9 Å². The lowest BCUT2D eigenvalue weighted by Crippen LogP contribution is -2.32. The smallest absolute Gasteiger partial charge is 0.263 e. The number of benzene rings is 2. The summed E-state index contributed by atoms with van der Waals surface area (Å²) in [7, 11) is -1.87. The molecule has 4 aromatic rings. The van der Waals surface area contributed by atoms with Gasteiger partial charge >= 0.3 is 0 Å². The van der Waals surface area contributed by atoms with Gasteiger partial charge in [0.2, 0.25) is 0 Å². The Balaban J connectivity index is 1.37. The van der Waals surface area contributed by atoms with Crippen LogP contribution in [0.15, 0.2) is 65.8 Å². The number of ether oxygens (including phenoxy) is 2. The zero-order chi connectivity index (χ0) is 28.3. The largest absolute Gasteiger partial charge is 0.492 e. The van der Waals surface area contributed by atoms with E-state index in [2.05, 4.69) is 26.6 Å².